The Balaban J connectivity index is 1.77. The molecule has 2 aromatic carbocycles. The van der Waals surface area contributed by atoms with Crippen molar-refractivity contribution in [2.24, 2.45) is 0 Å². The number of rotatable bonds is 4. The van der Waals surface area contributed by atoms with E-state index in [1.54, 1.807) is 0 Å². The molecule has 0 fully saturated rings. The van der Waals surface area contributed by atoms with Crippen molar-refractivity contribution in [3.8, 4) is 0 Å². The van der Waals surface area contributed by atoms with Crippen molar-refractivity contribution in [3.05, 3.63) is 71.3 Å². The Morgan fingerprint density at radius 3 is 2.48 bits per heavy atom. The summed E-state index contributed by atoms with van der Waals surface area (Å²) in [7, 11) is 2.05. The van der Waals surface area contributed by atoms with Crippen molar-refractivity contribution in [1.82, 2.24) is 4.90 Å². The molecule has 0 radical (unpaired) electrons. The standard InChI is InChI=1S/C18H19NO2/c1-18(13-19(2)12-14-8-4-3-5-9-14)16-11-7-6-10-15(16)17(20)21-18/h3-11H,12-13H2,1-2H3/t18-/m1/s1. The topological polar surface area (TPSA) is 29.5 Å². The molecule has 21 heavy (non-hydrogen) atoms. The minimum atomic E-state index is -0.572. The van der Waals surface area contributed by atoms with Crippen molar-refractivity contribution in [3.63, 3.8) is 0 Å². The molecule has 0 spiro atoms. The van der Waals surface area contributed by atoms with Crippen LogP contribution < -0.4 is 0 Å². The molecule has 0 amide bonds. The van der Waals surface area contributed by atoms with Gasteiger partial charge in [-0.3, -0.25) is 4.90 Å². The van der Waals surface area contributed by atoms with Gasteiger partial charge in [-0.15, -0.1) is 0 Å². The van der Waals surface area contributed by atoms with Crippen molar-refractivity contribution < 1.29 is 9.53 Å². The summed E-state index contributed by atoms with van der Waals surface area (Å²) in [5.41, 5.74) is 2.35. The number of nitrogens with zero attached hydrogens (tertiary/aromatic N) is 1. The highest BCUT2D eigenvalue weighted by Gasteiger charge is 2.41. The molecule has 1 aliphatic rings. The average molecular weight is 281 g/mol. The van der Waals surface area contributed by atoms with Crippen molar-refractivity contribution >= 4 is 5.97 Å². The molecule has 3 rings (SSSR count). The highest BCUT2D eigenvalue weighted by atomic mass is 16.6. The van der Waals surface area contributed by atoms with Gasteiger partial charge in [-0.2, -0.15) is 0 Å². The Kier molecular flexibility index (Phi) is 3.52. The van der Waals surface area contributed by atoms with Gasteiger partial charge in [-0.05, 0) is 25.6 Å². The molecule has 0 saturated heterocycles. The van der Waals surface area contributed by atoms with Crippen LogP contribution in [0.1, 0.15) is 28.4 Å². The number of hydrogen-bond acceptors (Lipinski definition) is 3. The van der Waals surface area contributed by atoms with Crippen LogP contribution in [0.2, 0.25) is 0 Å². The summed E-state index contributed by atoms with van der Waals surface area (Å²) in [5.74, 6) is -0.221. The molecule has 0 aliphatic carbocycles. The van der Waals surface area contributed by atoms with E-state index in [9.17, 15) is 4.79 Å². The minimum absolute atomic E-state index is 0.221. The van der Waals surface area contributed by atoms with Gasteiger partial charge < -0.3 is 4.74 Å². The van der Waals surface area contributed by atoms with Gasteiger partial charge in [-0.1, -0.05) is 48.5 Å². The lowest BCUT2D eigenvalue weighted by molar-refractivity contribution is -0.0139. The molecule has 108 valence electrons. The molecule has 0 saturated carbocycles. The predicted octanol–water partition coefficient (Wildman–Crippen LogP) is 3.20. The van der Waals surface area contributed by atoms with Crippen LogP contribution in [0, 0.1) is 0 Å². The Bertz CT molecular complexity index is 653. The maximum Gasteiger partial charge on any atom is 0.339 e. The van der Waals surface area contributed by atoms with Crippen LogP contribution in [-0.2, 0) is 16.9 Å². The zero-order valence-electron chi connectivity index (χ0n) is 12.4. The van der Waals surface area contributed by atoms with Gasteiger partial charge in [-0.25, -0.2) is 4.79 Å². The van der Waals surface area contributed by atoms with Crippen LogP contribution >= 0.6 is 0 Å². The number of carbonyl (C=O) groups is 1. The first kappa shape index (κ1) is 13.8. The third kappa shape index (κ3) is 2.69. The van der Waals surface area contributed by atoms with Crippen LogP contribution in [0.3, 0.4) is 0 Å². The van der Waals surface area contributed by atoms with E-state index >= 15 is 0 Å². The van der Waals surface area contributed by atoms with E-state index in [1.807, 2.05) is 56.4 Å². The Labute approximate surface area is 125 Å². The smallest absolute Gasteiger partial charge is 0.339 e. The number of likely N-dealkylation sites (N-methyl/N-ethyl adjacent to an activating group) is 1. The summed E-state index contributed by atoms with van der Waals surface area (Å²) >= 11 is 0. The molecule has 0 unspecified atom stereocenters. The number of ether oxygens (including phenoxy) is 1. The molecule has 0 N–H and O–H groups in total. The first-order valence-corrected chi connectivity index (χ1v) is 7.14. The Morgan fingerprint density at radius 2 is 1.71 bits per heavy atom. The average Bonchev–Trinajstić information content (AvgIpc) is 2.72. The summed E-state index contributed by atoms with van der Waals surface area (Å²) in [6, 6.07) is 17.9. The van der Waals surface area contributed by atoms with Crippen molar-refractivity contribution in [2.45, 2.75) is 19.1 Å². The second-order valence-corrected chi connectivity index (χ2v) is 5.82. The molecule has 1 aliphatic heterocycles. The van der Waals surface area contributed by atoms with Gasteiger partial charge in [0.2, 0.25) is 0 Å². The maximum absolute atomic E-state index is 12.0. The predicted molar refractivity (Wildman–Crippen MR) is 82.0 cm³/mol. The van der Waals surface area contributed by atoms with Gasteiger partial charge in [0, 0.05) is 18.7 Å². The largest absolute Gasteiger partial charge is 0.449 e. The summed E-state index contributed by atoms with van der Waals surface area (Å²) in [4.78, 5) is 14.2. The molecule has 3 nitrogen and oxygen atoms in total. The number of fused-ring (bicyclic) bond motifs is 1. The summed E-state index contributed by atoms with van der Waals surface area (Å²) in [6.45, 7) is 3.49. The van der Waals surface area contributed by atoms with Gasteiger partial charge in [0.05, 0.1) is 5.56 Å². The van der Waals surface area contributed by atoms with Gasteiger partial charge in [0.15, 0.2) is 0 Å². The lowest BCUT2D eigenvalue weighted by Gasteiger charge is -2.29. The van der Waals surface area contributed by atoms with E-state index in [-0.39, 0.29) is 5.97 Å². The molecule has 1 heterocycles. The lowest BCUT2D eigenvalue weighted by Crippen LogP contribution is -2.36. The molecular formula is C18H19NO2. The molecule has 0 bridgehead atoms. The fourth-order valence-electron chi connectivity index (χ4n) is 3.02. The van der Waals surface area contributed by atoms with Crippen LogP contribution in [0.25, 0.3) is 0 Å². The van der Waals surface area contributed by atoms with E-state index < -0.39 is 5.60 Å². The van der Waals surface area contributed by atoms with E-state index in [1.165, 1.54) is 5.56 Å². The second-order valence-electron chi connectivity index (χ2n) is 5.82. The van der Waals surface area contributed by atoms with Crippen LogP contribution in [-0.4, -0.2) is 24.5 Å². The normalized spacial score (nSPS) is 20.4. The molecule has 2 aromatic rings. The van der Waals surface area contributed by atoms with Crippen molar-refractivity contribution in [2.75, 3.05) is 13.6 Å². The van der Waals surface area contributed by atoms with Gasteiger partial charge >= 0.3 is 5.97 Å². The van der Waals surface area contributed by atoms with E-state index in [2.05, 4.69) is 17.0 Å². The summed E-state index contributed by atoms with van der Waals surface area (Å²) in [6.07, 6.45) is 0. The quantitative estimate of drug-likeness (QED) is 0.806. The first-order valence-electron chi connectivity index (χ1n) is 7.14. The number of carbonyl (C=O) groups excluding carboxylic acids is 1. The highest BCUT2D eigenvalue weighted by molar-refractivity contribution is 5.94. The number of cyclic esters (lactones) is 1. The zero-order chi connectivity index (χ0) is 14.9. The maximum atomic E-state index is 12.0. The van der Waals surface area contributed by atoms with E-state index in [4.69, 9.17) is 4.74 Å². The monoisotopic (exact) mass is 281 g/mol. The third-order valence-electron chi connectivity index (χ3n) is 3.90. The highest BCUT2D eigenvalue weighted by Crippen LogP contribution is 2.36. The third-order valence-corrected chi connectivity index (χ3v) is 3.90. The second kappa shape index (κ2) is 5.34. The summed E-state index contributed by atoms with van der Waals surface area (Å²) in [5, 5.41) is 0. The first-order chi connectivity index (χ1) is 10.1. The number of hydrogen-bond donors (Lipinski definition) is 0. The molecular weight excluding hydrogens is 262 g/mol. The molecule has 1 atom stereocenters. The fourth-order valence-corrected chi connectivity index (χ4v) is 3.02. The van der Waals surface area contributed by atoms with E-state index in [0.29, 0.717) is 12.1 Å². The van der Waals surface area contributed by atoms with E-state index in [0.717, 1.165) is 12.1 Å². The molecule has 0 aromatic heterocycles. The lowest BCUT2D eigenvalue weighted by atomic mass is 9.93. The fraction of sp³-hybridized carbons (Fsp3) is 0.278. The van der Waals surface area contributed by atoms with Crippen molar-refractivity contribution in [1.29, 1.82) is 0 Å². The van der Waals surface area contributed by atoms with Crippen LogP contribution in [0.4, 0.5) is 0 Å². The Hall–Kier alpha value is -2.13. The summed E-state index contributed by atoms with van der Waals surface area (Å²) < 4.78 is 5.65. The number of benzene rings is 2. The SMILES string of the molecule is CN(Cc1ccccc1)C[C@@]1(C)OC(=O)c2ccccc21. The van der Waals surface area contributed by atoms with Crippen LogP contribution in [0.5, 0.6) is 0 Å². The van der Waals surface area contributed by atoms with Gasteiger partial charge in [0.25, 0.3) is 0 Å². The Morgan fingerprint density at radius 1 is 1.05 bits per heavy atom. The van der Waals surface area contributed by atoms with Gasteiger partial charge in [0.1, 0.15) is 5.60 Å². The molecule has 3 heteroatoms. The number of esters is 1. The minimum Gasteiger partial charge on any atom is -0.449 e. The van der Waals surface area contributed by atoms with Crippen LogP contribution in [0.15, 0.2) is 54.6 Å². The zero-order valence-corrected chi connectivity index (χ0v) is 12.4.